The number of aliphatic carboxylic acids is 1. The summed E-state index contributed by atoms with van der Waals surface area (Å²) < 4.78 is 4.97. The Morgan fingerprint density at radius 3 is 2.03 bits per heavy atom. The number of unbranched alkanes of at least 4 members (excludes halogenated alkanes) is 7. The van der Waals surface area contributed by atoms with Gasteiger partial charge in [-0.3, -0.25) is 9.59 Å². The van der Waals surface area contributed by atoms with E-state index < -0.39 is 36.3 Å². The lowest BCUT2D eigenvalue weighted by Crippen LogP contribution is -2.52. The molecule has 0 bridgehead atoms. The monoisotopic (exact) mass is 431 g/mol. The van der Waals surface area contributed by atoms with E-state index in [2.05, 4.69) is 6.92 Å². The summed E-state index contributed by atoms with van der Waals surface area (Å²) in [5.74, 6) is -2.12. The lowest BCUT2D eigenvalue weighted by Gasteiger charge is -2.26. The maximum Gasteiger partial charge on any atom is 0.323 e. The van der Waals surface area contributed by atoms with Gasteiger partial charge in [0.15, 0.2) is 0 Å². The first-order chi connectivity index (χ1) is 14.2. The van der Waals surface area contributed by atoms with E-state index >= 15 is 0 Å². The van der Waals surface area contributed by atoms with Crippen LogP contribution in [-0.4, -0.2) is 62.8 Å². The van der Waals surface area contributed by atoms with Crippen molar-refractivity contribution in [3.63, 3.8) is 0 Å². The highest BCUT2D eigenvalue weighted by Gasteiger charge is 2.34. The first kappa shape index (κ1) is 28.5. The van der Waals surface area contributed by atoms with Crippen LogP contribution < -0.4 is 5.73 Å². The molecule has 0 heterocycles. The maximum atomic E-state index is 11.2. The Hall–Kier alpha value is -1.48. The van der Waals surface area contributed by atoms with Crippen molar-refractivity contribution >= 4 is 11.9 Å². The maximum absolute atomic E-state index is 11.2. The van der Waals surface area contributed by atoms with Gasteiger partial charge in [0.2, 0.25) is 0 Å². The fraction of sp³-hybridized carbons (Fsp3) is 0.818. The van der Waals surface area contributed by atoms with Crippen LogP contribution in [0.1, 0.15) is 84.5 Å². The van der Waals surface area contributed by atoms with Gasteiger partial charge in [0, 0.05) is 6.92 Å². The van der Waals surface area contributed by atoms with Crippen LogP contribution in [0.25, 0.3) is 0 Å². The summed E-state index contributed by atoms with van der Waals surface area (Å²) in [4.78, 5) is 22.1. The summed E-state index contributed by atoms with van der Waals surface area (Å²) in [7, 11) is 0. The molecule has 6 N–H and O–H groups in total. The largest absolute Gasteiger partial charge is 0.480 e. The van der Waals surface area contributed by atoms with E-state index in [0.717, 1.165) is 51.9 Å². The number of hydrogen-bond donors (Lipinski definition) is 5. The zero-order valence-electron chi connectivity index (χ0n) is 18.4. The molecule has 0 aliphatic heterocycles. The normalized spacial score (nSPS) is 16.7. The second-order valence-electron chi connectivity index (χ2n) is 7.84. The molecule has 0 amide bonds. The van der Waals surface area contributed by atoms with Crippen LogP contribution in [0.15, 0.2) is 12.2 Å². The molecule has 0 aromatic heterocycles. The molecule has 0 radical (unpaired) electrons. The molecule has 0 fully saturated rings. The number of aliphatic hydroxyl groups excluding tert-OH is 3. The molecule has 0 spiro atoms. The van der Waals surface area contributed by atoms with E-state index in [1.54, 1.807) is 6.08 Å². The Labute approximate surface area is 180 Å². The third kappa shape index (κ3) is 13.7. The molecule has 0 aromatic rings. The summed E-state index contributed by atoms with van der Waals surface area (Å²) >= 11 is 0. The highest BCUT2D eigenvalue weighted by atomic mass is 16.6. The molecule has 30 heavy (non-hydrogen) atoms. The van der Waals surface area contributed by atoms with Crippen molar-refractivity contribution in [2.45, 2.75) is 115 Å². The topological polar surface area (TPSA) is 150 Å². The Kier molecular flexibility index (Phi) is 16.4. The predicted molar refractivity (Wildman–Crippen MR) is 115 cm³/mol. The Bertz CT molecular complexity index is 498. The molecule has 0 unspecified atom stereocenters. The molecule has 0 saturated carbocycles. The summed E-state index contributed by atoms with van der Waals surface area (Å²) in [5.41, 5.74) is 5.32. The molecule has 5 atom stereocenters. The third-order valence-electron chi connectivity index (χ3n) is 5.02. The van der Waals surface area contributed by atoms with Gasteiger partial charge >= 0.3 is 11.9 Å². The van der Waals surface area contributed by atoms with E-state index in [1.165, 1.54) is 25.3 Å². The van der Waals surface area contributed by atoms with Crippen molar-refractivity contribution in [2.24, 2.45) is 5.73 Å². The molecule has 0 aliphatic carbocycles. The van der Waals surface area contributed by atoms with Crippen molar-refractivity contribution in [1.82, 2.24) is 0 Å². The number of allylic oxidation sites excluding steroid dienone is 1. The van der Waals surface area contributed by atoms with E-state index in [9.17, 15) is 24.9 Å². The molecule has 0 aliphatic rings. The second kappa shape index (κ2) is 17.2. The predicted octanol–water partition coefficient (Wildman–Crippen LogP) is 2.28. The van der Waals surface area contributed by atoms with Crippen LogP contribution in [0.5, 0.6) is 0 Å². The standard InChI is InChI=1S/C22H41NO7/c1-3-4-5-10-13-17(25)14-11-8-6-7-9-12-15-18(30-16(2)24)20(26)21(27)19(23)22(28)29/h12,15,17-21,25-27H,3-11,13-14,23H2,1-2H3,(H,28,29)/b15-12-/t17-,18-,19+,20-,21+/m0/s1. The highest BCUT2D eigenvalue weighted by molar-refractivity contribution is 5.74. The summed E-state index contributed by atoms with van der Waals surface area (Å²) in [6, 6.07) is -1.69. The minimum absolute atomic E-state index is 0.212. The van der Waals surface area contributed by atoms with Gasteiger partial charge in [0.25, 0.3) is 0 Å². The zero-order valence-corrected chi connectivity index (χ0v) is 18.4. The van der Waals surface area contributed by atoms with Gasteiger partial charge in [-0.05, 0) is 31.8 Å². The first-order valence-corrected chi connectivity index (χ1v) is 11.1. The van der Waals surface area contributed by atoms with Gasteiger partial charge in [-0.25, -0.2) is 0 Å². The van der Waals surface area contributed by atoms with Crippen molar-refractivity contribution in [2.75, 3.05) is 0 Å². The molecule has 0 aromatic carbocycles. The summed E-state index contributed by atoms with van der Waals surface area (Å²) in [5, 5.41) is 38.8. The van der Waals surface area contributed by atoms with Gasteiger partial charge < -0.3 is 30.9 Å². The lowest BCUT2D eigenvalue weighted by atomic mass is 10.0. The van der Waals surface area contributed by atoms with Crippen molar-refractivity contribution < 1.29 is 34.8 Å². The Morgan fingerprint density at radius 2 is 1.50 bits per heavy atom. The minimum Gasteiger partial charge on any atom is -0.480 e. The van der Waals surface area contributed by atoms with Crippen LogP contribution in [-0.2, 0) is 14.3 Å². The Balaban J connectivity index is 4.17. The highest BCUT2D eigenvalue weighted by Crippen LogP contribution is 2.14. The number of rotatable bonds is 18. The molecule has 0 saturated heterocycles. The van der Waals surface area contributed by atoms with Gasteiger partial charge in [-0.1, -0.05) is 57.9 Å². The number of esters is 1. The van der Waals surface area contributed by atoms with E-state index in [4.69, 9.17) is 15.6 Å². The van der Waals surface area contributed by atoms with Crippen LogP contribution in [0.4, 0.5) is 0 Å². The van der Waals surface area contributed by atoms with Gasteiger partial charge in [-0.15, -0.1) is 0 Å². The van der Waals surface area contributed by atoms with E-state index in [1.807, 2.05) is 0 Å². The average Bonchev–Trinajstić information content (AvgIpc) is 2.70. The minimum atomic E-state index is -1.77. The van der Waals surface area contributed by atoms with E-state index in [0.29, 0.717) is 6.42 Å². The summed E-state index contributed by atoms with van der Waals surface area (Å²) in [6.07, 6.45) is 9.32. The number of ether oxygens (including phenoxy) is 1. The van der Waals surface area contributed by atoms with Gasteiger partial charge in [-0.2, -0.15) is 0 Å². The van der Waals surface area contributed by atoms with Crippen LogP contribution in [0.2, 0.25) is 0 Å². The number of carbonyl (C=O) groups excluding carboxylic acids is 1. The fourth-order valence-electron chi connectivity index (χ4n) is 3.14. The van der Waals surface area contributed by atoms with E-state index in [-0.39, 0.29) is 6.10 Å². The quantitative estimate of drug-likeness (QED) is 0.126. The zero-order chi connectivity index (χ0) is 22.9. The number of carbonyl (C=O) groups is 2. The van der Waals surface area contributed by atoms with Crippen molar-refractivity contribution in [3.05, 3.63) is 12.2 Å². The van der Waals surface area contributed by atoms with Crippen molar-refractivity contribution in [1.29, 1.82) is 0 Å². The molecule has 176 valence electrons. The number of carboxylic acids is 1. The molecule has 8 nitrogen and oxygen atoms in total. The fourth-order valence-corrected chi connectivity index (χ4v) is 3.14. The average molecular weight is 432 g/mol. The molecular formula is C22H41NO7. The Morgan fingerprint density at radius 1 is 0.933 bits per heavy atom. The smallest absolute Gasteiger partial charge is 0.323 e. The molecule has 8 heteroatoms. The third-order valence-corrected chi connectivity index (χ3v) is 5.02. The van der Waals surface area contributed by atoms with Crippen LogP contribution in [0.3, 0.4) is 0 Å². The van der Waals surface area contributed by atoms with Gasteiger partial charge in [0.1, 0.15) is 24.4 Å². The molecule has 0 rings (SSSR count). The second-order valence-corrected chi connectivity index (χ2v) is 7.84. The summed E-state index contributed by atoms with van der Waals surface area (Å²) in [6.45, 7) is 3.33. The number of nitrogens with two attached hydrogens (primary N) is 1. The van der Waals surface area contributed by atoms with Crippen LogP contribution >= 0.6 is 0 Å². The number of carboxylic acid groups (broad SMARTS) is 1. The number of hydrogen-bond acceptors (Lipinski definition) is 7. The van der Waals surface area contributed by atoms with Crippen molar-refractivity contribution in [3.8, 4) is 0 Å². The lowest BCUT2D eigenvalue weighted by molar-refractivity contribution is -0.156. The first-order valence-electron chi connectivity index (χ1n) is 11.1. The van der Waals surface area contributed by atoms with Gasteiger partial charge in [0.05, 0.1) is 6.10 Å². The molecular weight excluding hydrogens is 390 g/mol. The van der Waals surface area contributed by atoms with Crippen LogP contribution in [0, 0.1) is 0 Å². The number of aliphatic hydroxyl groups is 3. The SMILES string of the molecule is CCCCCC[C@H](O)CCCCCC/C=C\[C@H](OC(C)=O)[C@H](O)[C@H](O)[C@@H](N)C(=O)O.